The fourth-order valence-electron chi connectivity index (χ4n) is 1.96. The quantitative estimate of drug-likeness (QED) is 0.777. The molecule has 0 aliphatic heterocycles. The highest BCUT2D eigenvalue weighted by molar-refractivity contribution is 7.84. The smallest absolute Gasteiger partial charge is 0.371 e. The van der Waals surface area contributed by atoms with Crippen LogP contribution < -0.4 is 9.32 Å². The predicted molar refractivity (Wildman–Crippen MR) is 85.5 cm³/mol. The summed E-state index contributed by atoms with van der Waals surface area (Å²) in [5.41, 5.74) is 2.15. The minimum absolute atomic E-state index is 0.124. The second-order valence-electron chi connectivity index (χ2n) is 4.63. The molecule has 2 aromatic carbocycles. The van der Waals surface area contributed by atoms with Crippen LogP contribution in [0.1, 0.15) is 0 Å². The van der Waals surface area contributed by atoms with Gasteiger partial charge >= 0.3 is 10.3 Å². The van der Waals surface area contributed by atoms with E-state index < -0.39 is 10.3 Å². The lowest BCUT2D eigenvalue weighted by molar-refractivity contribution is 0.488. The Morgan fingerprint density at radius 1 is 1.13 bits per heavy atom. The topological polar surface area (TPSA) is 100 Å². The number of benzene rings is 2. The fraction of sp³-hybridized carbons (Fsp3) is 0. The highest BCUT2D eigenvalue weighted by Crippen LogP contribution is 2.22. The zero-order valence-electron chi connectivity index (χ0n) is 11.6. The molecule has 1 heterocycles. The number of nitrogens with two attached hydrogens (primary N) is 1. The van der Waals surface area contributed by atoms with Gasteiger partial charge in [-0.1, -0.05) is 22.9 Å². The van der Waals surface area contributed by atoms with Crippen LogP contribution in [0.2, 0.25) is 5.02 Å². The molecule has 0 saturated heterocycles. The molecule has 0 saturated carbocycles. The van der Waals surface area contributed by atoms with E-state index in [4.69, 9.17) is 16.7 Å². The summed E-state index contributed by atoms with van der Waals surface area (Å²) < 4.78 is 27.9. The monoisotopic (exact) mass is 350 g/mol. The zero-order valence-corrected chi connectivity index (χ0v) is 13.2. The van der Waals surface area contributed by atoms with Crippen molar-refractivity contribution in [3.63, 3.8) is 0 Å². The van der Waals surface area contributed by atoms with Gasteiger partial charge in [0.15, 0.2) is 0 Å². The maximum Gasteiger partial charge on any atom is 0.380 e. The highest BCUT2D eigenvalue weighted by atomic mass is 35.5. The van der Waals surface area contributed by atoms with E-state index in [1.165, 1.54) is 12.1 Å². The Balaban J connectivity index is 1.86. The lowest BCUT2D eigenvalue weighted by atomic mass is 10.2. The van der Waals surface area contributed by atoms with E-state index in [2.05, 4.69) is 14.5 Å². The number of hydrogen-bond donors (Lipinski definition) is 1. The summed E-state index contributed by atoms with van der Waals surface area (Å²) in [6.45, 7) is 0. The Labute approximate surface area is 137 Å². The maximum absolute atomic E-state index is 10.9. The molecule has 0 aliphatic rings. The molecule has 0 aliphatic carbocycles. The molecule has 3 rings (SSSR count). The molecular weight excluding hydrogens is 340 g/mol. The third kappa shape index (κ3) is 3.86. The summed E-state index contributed by atoms with van der Waals surface area (Å²) in [6, 6.07) is 13.5. The van der Waals surface area contributed by atoms with Crippen LogP contribution in [0.15, 0.2) is 54.7 Å². The molecule has 2 N–H and O–H groups in total. The SMILES string of the molecule is NS(=O)(=O)Oc1ccc(-c2cn(-c3cccc(Cl)c3)nn2)cc1. The van der Waals surface area contributed by atoms with Crippen LogP contribution in [0.5, 0.6) is 5.75 Å². The Kier molecular flexibility index (Phi) is 4.03. The Hall–Kier alpha value is -2.42. The lowest BCUT2D eigenvalue weighted by Gasteiger charge is -2.02. The van der Waals surface area contributed by atoms with Crippen molar-refractivity contribution in [2.75, 3.05) is 0 Å². The molecule has 0 unspecified atom stereocenters. The Morgan fingerprint density at radius 2 is 1.87 bits per heavy atom. The minimum Gasteiger partial charge on any atom is -0.371 e. The van der Waals surface area contributed by atoms with Gasteiger partial charge < -0.3 is 4.18 Å². The third-order valence-electron chi connectivity index (χ3n) is 2.93. The van der Waals surface area contributed by atoms with Gasteiger partial charge in [-0.2, -0.15) is 13.6 Å². The van der Waals surface area contributed by atoms with Crippen LogP contribution in [0.3, 0.4) is 0 Å². The van der Waals surface area contributed by atoms with Gasteiger partial charge in [-0.15, -0.1) is 5.10 Å². The van der Waals surface area contributed by atoms with E-state index in [0.29, 0.717) is 10.7 Å². The van der Waals surface area contributed by atoms with E-state index in [1.807, 2.05) is 12.1 Å². The van der Waals surface area contributed by atoms with Gasteiger partial charge in [-0.3, -0.25) is 0 Å². The molecule has 0 radical (unpaired) electrons. The minimum atomic E-state index is -4.04. The van der Waals surface area contributed by atoms with Crippen molar-refractivity contribution in [2.24, 2.45) is 5.14 Å². The van der Waals surface area contributed by atoms with Crippen molar-refractivity contribution in [3.8, 4) is 22.7 Å². The first-order valence-corrected chi connectivity index (χ1v) is 8.26. The van der Waals surface area contributed by atoms with Gasteiger partial charge in [0.05, 0.1) is 11.9 Å². The van der Waals surface area contributed by atoms with Crippen molar-refractivity contribution in [3.05, 3.63) is 59.8 Å². The maximum atomic E-state index is 10.9. The van der Waals surface area contributed by atoms with Crippen LogP contribution in [0, 0.1) is 0 Å². The van der Waals surface area contributed by atoms with Crippen LogP contribution in [-0.2, 0) is 10.3 Å². The summed E-state index contributed by atoms with van der Waals surface area (Å²) in [7, 11) is -4.04. The van der Waals surface area contributed by atoms with Crippen LogP contribution in [0.25, 0.3) is 16.9 Å². The third-order valence-corrected chi connectivity index (χ3v) is 3.59. The second-order valence-corrected chi connectivity index (χ2v) is 6.22. The number of aromatic nitrogens is 3. The van der Waals surface area contributed by atoms with Crippen molar-refractivity contribution in [2.45, 2.75) is 0 Å². The van der Waals surface area contributed by atoms with E-state index in [0.717, 1.165) is 11.3 Å². The first-order chi connectivity index (χ1) is 10.9. The zero-order chi connectivity index (χ0) is 16.4. The lowest BCUT2D eigenvalue weighted by Crippen LogP contribution is -2.18. The normalized spacial score (nSPS) is 11.4. The summed E-state index contributed by atoms with van der Waals surface area (Å²) in [4.78, 5) is 0. The Morgan fingerprint density at radius 3 is 2.52 bits per heavy atom. The summed E-state index contributed by atoms with van der Waals surface area (Å²) in [5, 5.41) is 13.5. The molecule has 118 valence electrons. The van der Waals surface area contributed by atoms with Crippen molar-refractivity contribution < 1.29 is 12.6 Å². The van der Waals surface area contributed by atoms with Crippen molar-refractivity contribution >= 4 is 21.9 Å². The molecule has 23 heavy (non-hydrogen) atoms. The van der Waals surface area contributed by atoms with E-state index in [1.54, 1.807) is 35.1 Å². The number of halogens is 1. The van der Waals surface area contributed by atoms with E-state index >= 15 is 0 Å². The van der Waals surface area contributed by atoms with Gasteiger partial charge in [-0.05, 0) is 42.5 Å². The molecule has 0 amide bonds. The number of hydrogen-bond acceptors (Lipinski definition) is 5. The molecule has 0 bridgehead atoms. The van der Waals surface area contributed by atoms with Crippen LogP contribution >= 0.6 is 11.6 Å². The van der Waals surface area contributed by atoms with Crippen molar-refractivity contribution in [1.29, 1.82) is 0 Å². The van der Waals surface area contributed by atoms with Crippen molar-refractivity contribution in [1.82, 2.24) is 15.0 Å². The summed E-state index contributed by atoms with van der Waals surface area (Å²) in [5.74, 6) is 0.124. The predicted octanol–water partition coefficient (Wildman–Crippen LogP) is 2.17. The fourth-order valence-corrected chi connectivity index (χ4v) is 2.52. The molecule has 1 aromatic heterocycles. The first-order valence-electron chi connectivity index (χ1n) is 6.42. The summed E-state index contributed by atoms with van der Waals surface area (Å²) in [6.07, 6.45) is 1.74. The highest BCUT2D eigenvalue weighted by Gasteiger charge is 2.08. The van der Waals surface area contributed by atoms with Gasteiger partial charge in [-0.25, -0.2) is 4.68 Å². The molecule has 0 atom stereocenters. The van der Waals surface area contributed by atoms with Gasteiger partial charge in [0.1, 0.15) is 11.4 Å². The molecular formula is C14H11ClN4O3S. The number of nitrogens with zero attached hydrogens (tertiary/aromatic N) is 3. The van der Waals surface area contributed by atoms with Gasteiger partial charge in [0.2, 0.25) is 0 Å². The molecule has 7 nitrogen and oxygen atoms in total. The summed E-state index contributed by atoms with van der Waals surface area (Å²) >= 11 is 5.95. The van der Waals surface area contributed by atoms with E-state index in [9.17, 15) is 8.42 Å². The largest absolute Gasteiger partial charge is 0.380 e. The van der Waals surface area contributed by atoms with Crippen LogP contribution in [-0.4, -0.2) is 23.4 Å². The molecule has 9 heteroatoms. The average Bonchev–Trinajstić information content (AvgIpc) is 2.96. The van der Waals surface area contributed by atoms with Gasteiger partial charge in [0, 0.05) is 10.6 Å². The van der Waals surface area contributed by atoms with E-state index in [-0.39, 0.29) is 5.75 Å². The number of rotatable bonds is 4. The first kappa shape index (κ1) is 15.5. The van der Waals surface area contributed by atoms with Gasteiger partial charge in [0.25, 0.3) is 0 Å². The average molecular weight is 351 g/mol. The van der Waals surface area contributed by atoms with Crippen LogP contribution in [0.4, 0.5) is 0 Å². The molecule has 3 aromatic rings. The Bertz CT molecular complexity index is 939. The molecule has 0 spiro atoms. The standard InChI is InChI=1S/C14H11ClN4O3S/c15-11-2-1-3-12(8-11)19-9-14(17-18-19)10-4-6-13(7-5-10)22-23(16,20)21/h1-9H,(H2,16,20,21). The molecule has 0 fully saturated rings. The second kappa shape index (κ2) is 5.99.